The Balaban J connectivity index is 1.47. The van der Waals surface area contributed by atoms with Gasteiger partial charge in [0.2, 0.25) is 0 Å². The molecular formula is C26H18O6. The Morgan fingerprint density at radius 2 is 1.38 bits per heavy atom. The van der Waals surface area contributed by atoms with Gasteiger partial charge in [-0.25, -0.2) is 10.1 Å². The minimum atomic E-state index is -1.85. The molecule has 0 unspecified atom stereocenters. The average Bonchev–Trinajstić information content (AvgIpc) is 2.85. The second kappa shape index (κ2) is 8.01. The first-order chi connectivity index (χ1) is 15.6. The number of fused-ring (bicyclic) bond motifs is 3. The van der Waals surface area contributed by atoms with Gasteiger partial charge in [0.1, 0.15) is 12.4 Å². The van der Waals surface area contributed by atoms with Crippen LogP contribution >= 0.6 is 0 Å². The van der Waals surface area contributed by atoms with Crippen LogP contribution in [0, 0.1) is 0 Å². The lowest BCUT2D eigenvalue weighted by atomic mass is 9.80. The van der Waals surface area contributed by atoms with E-state index in [1.807, 2.05) is 30.3 Å². The first kappa shape index (κ1) is 20.1. The van der Waals surface area contributed by atoms with Gasteiger partial charge in [0, 0.05) is 27.6 Å². The molecule has 6 heteroatoms. The fourth-order valence-corrected chi connectivity index (χ4v) is 4.10. The normalized spacial score (nSPS) is 14.0. The van der Waals surface area contributed by atoms with E-state index in [-0.39, 0.29) is 5.78 Å². The van der Waals surface area contributed by atoms with Crippen molar-refractivity contribution in [1.82, 2.24) is 0 Å². The van der Waals surface area contributed by atoms with E-state index in [1.165, 1.54) is 0 Å². The number of carbonyl (C=O) groups is 2. The molecule has 32 heavy (non-hydrogen) atoms. The lowest BCUT2D eigenvalue weighted by molar-refractivity contribution is -0.394. The van der Waals surface area contributed by atoms with E-state index in [4.69, 9.17) is 14.4 Å². The van der Waals surface area contributed by atoms with Crippen LogP contribution in [0.15, 0.2) is 91.0 Å². The van der Waals surface area contributed by atoms with Crippen LogP contribution in [-0.4, -0.2) is 23.6 Å². The van der Waals surface area contributed by atoms with Crippen LogP contribution < -0.4 is 4.74 Å². The summed E-state index contributed by atoms with van der Waals surface area (Å²) in [4.78, 5) is 30.5. The monoisotopic (exact) mass is 426 g/mol. The number of hydrogen-bond donors (Lipinski definition) is 1. The standard InChI is InChI=1S/C26H18O6/c27-24(31-23-15-7-9-17-8-1-2-10-18(17)23)16-30-26(32-29)21-13-5-3-11-19(21)25(28)20-12-4-6-14-22(20)26/h1-15,29H,16H2. The molecule has 158 valence electrons. The fourth-order valence-electron chi connectivity index (χ4n) is 4.10. The van der Waals surface area contributed by atoms with E-state index in [0.717, 1.165) is 10.8 Å². The smallest absolute Gasteiger partial charge is 0.337 e. The summed E-state index contributed by atoms with van der Waals surface area (Å²) in [7, 11) is 0. The maximum Gasteiger partial charge on any atom is 0.337 e. The van der Waals surface area contributed by atoms with Gasteiger partial charge in [0.15, 0.2) is 5.78 Å². The van der Waals surface area contributed by atoms with Gasteiger partial charge in [-0.3, -0.25) is 4.79 Å². The van der Waals surface area contributed by atoms with E-state index in [9.17, 15) is 14.8 Å². The Hall–Kier alpha value is -3.84. The van der Waals surface area contributed by atoms with Crippen molar-refractivity contribution in [3.8, 4) is 5.75 Å². The van der Waals surface area contributed by atoms with Gasteiger partial charge >= 0.3 is 5.97 Å². The van der Waals surface area contributed by atoms with Gasteiger partial charge in [0.05, 0.1) is 0 Å². The summed E-state index contributed by atoms with van der Waals surface area (Å²) in [5.74, 6) is -2.34. The van der Waals surface area contributed by atoms with Gasteiger partial charge < -0.3 is 9.47 Å². The number of benzene rings is 4. The molecule has 0 heterocycles. The lowest BCUT2D eigenvalue weighted by Gasteiger charge is -2.36. The van der Waals surface area contributed by atoms with Gasteiger partial charge in [0.25, 0.3) is 5.79 Å². The van der Waals surface area contributed by atoms with E-state index in [0.29, 0.717) is 28.0 Å². The number of carbonyl (C=O) groups excluding carboxylic acids is 2. The Morgan fingerprint density at radius 3 is 2.06 bits per heavy atom. The SMILES string of the molecule is O=C(COC1(OO)c2ccccc2C(=O)c2ccccc21)Oc1cccc2ccccc12. The number of ketones is 1. The second-order valence-electron chi connectivity index (χ2n) is 7.37. The van der Waals surface area contributed by atoms with Crippen LogP contribution in [0.4, 0.5) is 0 Å². The van der Waals surface area contributed by atoms with E-state index < -0.39 is 18.4 Å². The molecule has 0 saturated carbocycles. The van der Waals surface area contributed by atoms with Crippen LogP contribution in [0.2, 0.25) is 0 Å². The largest absolute Gasteiger partial charge is 0.424 e. The summed E-state index contributed by atoms with van der Waals surface area (Å²) in [5.41, 5.74) is 1.26. The van der Waals surface area contributed by atoms with Crippen LogP contribution in [-0.2, 0) is 20.2 Å². The van der Waals surface area contributed by atoms with Crippen molar-refractivity contribution >= 4 is 22.5 Å². The molecule has 0 radical (unpaired) electrons. The molecule has 1 aliphatic carbocycles. The fraction of sp³-hybridized carbons (Fsp3) is 0.0769. The minimum absolute atomic E-state index is 0.217. The molecule has 0 saturated heterocycles. The molecule has 4 aromatic rings. The third kappa shape index (κ3) is 3.18. The zero-order valence-electron chi connectivity index (χ0n) is 16.9. The molecule has 6 nitrogen and oxygen atoms in total. The molecule has 0 aromatic heterocycles. The maximum atomic E-state index is 12.9. The first-order valence-electron chi connectivity index (χ1n) is 10.0. The molecule has 0 bridgehead atoms. The highest BCUT2D eigenvalue weighted by Crippen LogP contribution is 2.43. The molecule has 1 N–H and O–H groups in total. The van der Waals surface area contributed by atoms with Gasteiger partial charge in [-0.05, 0) is 11.5 Å². The zero-order chi connectivity index (χ0) is 22.1. The number of hydrogen-bond acceptors (Lipinski definition) is 6. The first-order valence-corrected chi connectivity index (χ1v) is 10.0. The predicted octanol–water partition coefficient (Wildman–Crippen LogP) is 4.70. The van der Waals surface area contributed by atoms with Crippen LogP contribution in [0.5, 0.6) is 5.75 Å². The van der Waals surface area contributed by atoms with Crippen LogP contribution in [0.1, 0.15) is 27.0 Å². The predicted molar refractivity (Wildman–Crippen MR) is 116 cm³/mol. The Labute approximate surface area is 183 Å². The van der Waals surface area contributed by atoms with Crippen molar-refractivity contribution in [2.45, 2.75) is 5.79 Å². The van der Waals surface area contributed by atoms with Crippen LogP contribution in [0.3, 0.4) is 0 Å². The summed E-state index contributed by atoms with van der Waals surface area (Å²) < 4.78 is 11.4. The summed E-state index contributed by atoms with van der Waals surface area (Å²) >= 11 is 0. The summed E-state index contributed by atoms with van der Waals surface area (Å²) in [5, 5.41) is 11.7. The Kier molecular flexibility index (Phi) is 5.03. The summed E-state index contributed by atoms with van der Waals surface area (Å²) in [6.45, 7) is -0.527. The molecule has 0 spiro atoms. The van der Waals surface area contributed by atoms with Crippen molar-refractivity contribution < 1.29 is 29.2 Å². The van der Waals surface area contributed by atoms with Gasteiger partial charge in [-0.2, -0.15) is 4.89 Å². The molecular weight excluding hydrogens is 408 g/mol. The Morgan fingerprint density at radius 1 is 0.781 bits per heavy atom. The van der Waals surface area contributed by atoms with Gasteiger partial charge in [-0.15, -0.1) is 0 Å². The molecule has 4 aromatic carbocycles. The molecule has 5 rings (SSSR count). The van der Waals surface area contributed by atoms with Gasteiger partial charge in [-0.1, -0.05) is 84.9 Å². The summed E-state index contributed by atoms with van der Waals surface area (Å²) in [6, 6.07) is 26.3. The molecule has 0 aliphatic heterocycles. The molecule has 1 aliphatic rings. The lowest BCUT2D eigenvalue weighted by Crippen LogP contribution is -2.41. The van der Waals surface area contributed by atoms with Crippen molar-refractivity contribution in [2.75, 3.05) is 6.61 Å². The molecule has 0 atom stereocenters. The average molecular weight is 426 g/mol. The number of rotatable bonds is 5. The van der Waals surface area contributed by atoms with E-state index in [1.54, 1.807) is 60.7 Å². The summed E-state index contributed by atoms with van der Waals surface area (Å²) in [6.07, 6.45) is 0. The van der Waals surface area contributed by atoms with Crippen molar-refractivity contribution in [1.29, 1.82) is 0 Å². The van der Waals surface area contributed by atoms with Crippen molar-refractivity contribution in [3.63, 3.8) is 0 Å². The highest BCUT2D eigenvalue weighted by atomic mass is 17.1. The third-order valence-electron chi connectivity index (χ3n) is 5.55. The van der Waals surface area contributed by atoms with Crippen molar-refractivity contribution in [3.05, 3.63) is 113 Å². The highest BCUT2D eigenvalue weighted by Gasteiger charge is 2.47. The minimum Gasteiger partial charge on any atom is -0.424 e. The number of ether oxygens (including phenoxy) is 2. The third-order valence-corrected chi connectivity index (χ3v) is 5.55. The second-order valence-corrected chi connectivity index (χ2v) is 7.37. The van der Waals surface area contributed by atoms with E-state index >= 15 is 0 Å². The Bertz CT molecular complexity index is 1290. The molecule has 0 amide bonds. The number of esters is 1. The molecule has 0 fully saturated rings. The zero-order valence-corrected chi connectivity index (χ0v) is 16.9. The highest BCUT2D eigenvalue weighted by molar-refractivity contribution is 6.12. The topological polar surface area (TPSA) is 82.1 Å². The maximum absolute atomic E-state index is 12.9. The van der Waals surface area contributed by atoms with E-state index in [2.05, 4.69) is 0 Å². The quantitative estimate of drug-likeness (QED) is 0.164. The van der Waals surface area contributed by atoms with Crippen molar-refractivity contribution in [2.24, 2.45) is 0 Å². The van der Waals surface area contributed by atoms with Crippen LogP contribution in [0.25, 0.3) is 10.8 Å².